The zero-order chi connectivity index (χ0) is 14.8. The van der Waals surface area contributed by atoms with E-state index in [9.17, 15) is 10.2 Å². The van der Waals surface area contributed by atoms with Crippen LogP contribution in [0.5, 0.6) is 17.2 Å². The molecule has 110 valence electrons. The summed E-state index contributed by atoms with van der Waals surface area (Å²) in [5.41, 5.74) is 3.27. The van der Waals surface area contributed by atoms with Gasteiger partial charge in [-0.05, 0) is 54.7 Å². The molecule has 0 amide bonds. The summed E-state index contributed by atoms with van der Waals surface area (Å²) in [5, 5.41) is 22.9. The quantitative estimate of drug-likeness (QED) is 0.806. The number of ether oxygens (including phenoxy) is 1. The first-order valence-corrected chi connectivity index (χ1v) is 7.12. The number of anilines is 1. The number of hydrogen-bond acceptors (Lipinski definition) is 4. The van der Waals surface area contributed by atoms with Gasteiger partial charge in [0.2, 0.25) is 0 Å². The molecule has 0 spiro atoms. The molecule has 0 aliphatic heterocycles. The lowest BCUT2D eigenvalue weighted by atomic mass is 9.87. The number of aryl methyl sites for hydroxylation is 1. The van der Waals surface area contributed by atoms with Crippen LogP contribution in [-0.2, 0) is 6.42 Å². The Hall–Kier alpha value is -2.36. The number of hydrogen-bond donors (Lipinski definition) is 3. The van der Waals surface area contributed by atoms with Gasteiger partial charge in [-0.15, -0.1) is 0 Å². The summed E-state index contributed by atoms with van der Waals surface area (Å²) >= 11 is 0. The molecular weight excluding hydrogens is 266 g/mol. The molecule has 0 saturated carbocycles. The van der Waals surface area contributed by atoms with E-state index in [1.54, 1.807) is 18.2 Å². The Morgan fingerprint density at radius 2 is 2.00 bits per heavy atom. The van der Waals surface area contributed by atoms with Gasteiger partial charge in [0.05, 0.1) is 13.2 Å². The van der Waals surface area contributed by atoms with Gasteiger partial charge in [0.15, 0.2) is 11.5 Å². The van der Waals surface area contributed by atoms with Gasteiger partial charge < -0.3 is 20.3 Å². The van der Waals surface area contributed by atoms with Crippen molar-refractivity contribution < 1.29 is 14.9 Å². The van der Waals surface area contributed by atoms with Crippen molar-refractivity contribution in [3.63, 3.8) is 0 Å². The first kappa shape index (κ1) is 13.6. The van der Waals surface area contributed by atoms with Crippen molar-refractivity contribution in [2.24, 2.45) is 0 Å². The average molecular weight is 285 g/mol. The molecule has 0 heterocycles. The summed E-state index contributed by atoms with van der Waals surface area (Å²) in [5.74, 6) is 0.912. The average Bonchev–Trinajstić information content (AvgIpc) is 2.47. The fraction of sp³-hybridized carbons (Fsp3) is 0.294. The number of fused-ring (bicyclic) bond motifs is 1. The summed E-state index contributed by atoms with van der Waals surface area (Å²) in [6.07, 6.45) is 3.11. The lowest BCUT2D eigenvalue weighted by Crippen LogP contribution is -2.17. The Labute approximate surface area is 124 Å². The number of phenols is 2. The largest absolute Gasteiger partial charge is 0.508 e. The summed E-state index contributed by atoms with van der Waals surface area (Å²) in [7, 11) is 1.53. The Balaban J connectivity index is 1.85. The molecular formula is C17H19NO3. The first-order chi connectivity index (χ1) is 10.2. The van der Waals surface area contributed by atoms with Gasteiger partial charge in [0.1, 0.15) is 5.75 Å². The number of methoxy groups -OCH3 is 1. The molecule has 2 aromatic carbocycles. The normalized spacial score (nSPS) is 17.1. The molecule has 0 aromatic heterocycles. The maximum absolute atomic E-state index is 9.85. The van der Waals surface area contributed by atoms with Crippen LogP contribution in [0.4, 0.5) is 5.69 Å². The van der Waals surface area contributed by atoms with E-state index in [-0.39, 0.29) is 11.8 Å². The number of nitrogens with one attached hydrogen (secondary N) is 1. The Morgan fingerprint density at radius 3 is 2.76 bits per heavy atom. The molecule has 1 atom stereocenters. The third-order valence-electron chi connectivity index (χ3n) is 3.96. The standard InChI is InChI=1S/C17H19NO3/c1-21-17-8-5-12(10-16(17)20)18-15-4-2-3-11-9-13(19)6-7-14(11)15/h5-10,15,18-20H,2-4H2,1H3. The molecule has 0 bridgehead atoms. The minimum Gasteiger partial charge on any atom is -0.508 e. The maximum atomic E-state index is 9.85. The fourth-order valence-electron chi connectivity index (χ4n) is 2.93. The van der Waals surface area contributed by atoms with Gasteiger partial charge in [-0.3, -0.25) is 0 Å². The van der Waals surface area contributed by atoms with Gasteiger partial charge in [-0.25, -0.2) is 0 Å². The Bertz CT molecular complexity index is 654. The molecule has 4 nitrogen and oxygen atoms in total. The zero-order valence-electron chi connectivity index (χ0n) is 12.0. The highest BCUT2D eigenvalue weighted by Gasteiger charge is 2.20. The van der Waals surface area contributed by atoms with Crippen LogP contribution in [0.2, 0.25) is 0 Å². The minimum atomic E-state index is 0.129. The van der Waals surface area contributed by atoms with E-state index in [1.807, 2.05) is 18.2 Å². The van der Waals surface area contributed by atoms with Crippen molar-refractivity contribution >= 4 is 5.69 Å². The second kappa shape index (κ2) is 5.56. The lowest BCUT2D eigenvalue weighted by molar-refractivity contribution is 0.373. The smallest absolute Gasteiger partial charge is 0.160 e. The van der Waals surface area contributed by atoms with Crippen LogP contribution in [0, 0.1) is 0 Å². The summed E-state index contributed by atoms with van der Waals surface area (Å²) in [4.78, 5) is 0. The monoisotopic (exact) mass is 285 g/mol. The molecule has 1 aliphatic rings. The van der Waals surface area contributed by atoms with Crippen molar-refractivity contribution in [3.05, 3.63) is 47.5 Å². The molecule has 3 N–H and O–H groups in total. The number of rotatable bonds is 3. The van der Waals surface area contributed by atoms with E-state index in [0.717, 1.165) is 24.9 Å². The van der Waals surface area contributed by atoms with Crippen LogP contribution in [0.1, 0.15) is 30.0 Å². The van der Waals surface area contributed by atoms with Crippen LogP contribution in [0.3, 0.4) is 0 Å². The molecule has 1 aliphatic carbocycles. The minimum absolute atomic E-state index is 0.129. The third kappa shape index (κ3) is 2.75. The fourth-order valence-corrected chi connectivity index (χ4v) is 2.93. The van der Waals surface area contributed by atoms with Crippen LogP contribution in [0.25, 0.3) is 0 Å². The van der Waals surface area contributed by atoms with Gasteiger partial charge in [0, 0.05) is 11.8 Å². The highest BCUT2D eigenvalue weighted by Crippen LogP contribution is 2.36. The Kier molecular flexibility index (Phi) is 3.60. The third-order valence-corrected chi connectivity index (χ3v) is 3.96. The van der Waals surface area contributed by atoms with Gasteiger partial charge in [-0.1, -0.05) is 6.07 Å². The van der Waals surface area contributed by atoms with Crippen molar-refractivity contribution in [2.45, 2.75) is 25.3 Å². The first-order valence-electron chi connectivity index (χ1n) is 7.12. The number of aromatic hydroxyl groups is 2. The molecule has 21 heavy (non-hydrogen) atoms. The number of benzene rings is 2. The number of phenolic OH excluding ortho intramolecular Hbond substituents is 2. The highest BCUT2D eigenvalue weighted by atomic mass is 16.5. The van der Waals surface area contributed by atoms with E-state index in [2.05, 4.69) is 5.32 Å². The van der Waals surface area contributed by atoms with E-state index in [4.69, 9.17) is 4.74 Å². The SMILES string of the molecule is COc1ccc(NC2CCCc3cc(O)ccc32)cc1O. The van der Waals surface area contributed by atoms with E-state index >= 15 is 0 Å². The molecule has 0 saturated heterocycles. The zero-order valence-corrected chi connectivity index (χ0v) is 12.0. The second-order valence-electron chi connectivity index (χ2n) is 5.36. The van der Waals surface area contributed by atoms with Crippen molar-refractivity contribution in [1.29, 1.82) is 0 Å². The van der Waals surface area contributed by atoms with Crippen molar-refractivity contribution in [2.75, 3.05) is 12.4 Å². The topological polar surface area (TPSA) is 61.7 Å². The Morgan fingerprint density at radius 1 is 1.14 bits per heavy atom. The predicted octanol–water partition coefficient (Wildman–Crippen LogP) is 3.60. The van der Waals surface area contributed by atoms with Gasteiger partial charge in [0.25, 0.3) is 0 Å². The molecule has 4 heteroatoms. The molecule has 2 aromatic rings. The summed E-state index contributed by atoms with van der Waals surface area (Å²) in [6.45, 7) is 0. The van der Waals surface area contributed by atoms with Crippen molar-refractivity contribution in [3.8, 4) is 17.2 Å². The predicted molar refractivity (Wildman–Crippen MR) is 82.1 cm³/mol. The van der Waals surface area contributed by atoms with Crippen molar-refractivity contribution in [1.82, 2.24) is 0 Å². The van der Waals surface area contributed by atoms with Crippen LogP contribution < -0.4 is 10.1 Å². The maximum Gasteiger partial charge on any atom is 0.160 e. The molecule has 3 rings (SSSR count). The van der Waals surface area contributed by atoms with E-state index in [1.165, 1.54) is 18.2 Å². The van der Waals surface area contributed by atoms with Gasteiger partial charge >= 0.3 is 0 Å². The molecule has 0 radical (unpaired) electrons. The van der Waals surface area contributed by atoms with E-state index < -0.39 is 0 Å². The lowest BCUT2D eigenvalue weighted by Gasteiger charge is -2.27. The van der Waals surface area contributed by atoms with Crippen LogP contribution >= 0.6 is 0 Å². The molecule has 0 fully saturated rings. The summed E-state index contributed by atoms with van der Waals surface area (Å²) < 4.78 is 5.05. The highest BCUT2D eigenvalue weighted by molar-refractivity contribution is 5.56. The molecule has 1 unspecified atom stereocenters. The summed E-state index contributed by atoms with van der Waals surface area (Å²) in [6, 6.07) is 11.1. The van der Waals surface area contributed by atoms with Crippen LogP contribution in [0.15, 0.2) is 36.4 Å². The van der Waals surface area contributed by atoms with Crippen LogP contribution in [-0.4, -0.2) is 17.3 Å². The van der Waals surface area contributed by atoms with Gasteiger partial charge in [-0.2, -0.15) is 0 Å². The van der Waals surface area contributed by atoms with E-state index in [0.29, 0.717) is 11.5 Å². The second-order valence-corrected chi connectivity index (χ2v) is 5.36.